The summed E-state index contributed by atoms with van der Waals surface area (Å²) in [4.78, 5) is 0. The summed E-state index contributed by atoms with van der Waals surface area (Å²) in [6, 6.07) is 10.1. The first kappa shape index (κ1) is 15.4. The lowest BCUT2D eigenvalue weighted by Crippen LogP contribution is -2.15. The van der Waals surface area contributed by atoms with Gasteiger partial charge < -0.3 is 10.5 Å². The normalized spacial score (nSPS) is 11.0. The Labute approximate surface area is 126 Å². The molecule has 0 bridgehead atoms. The number of amidine groups is 1. The highest BCUT2D eigenvalue weighted by Gasteiger charge is 2.15. The van der Waals surface area contributed by atoms with Gasteiger partial charge in [0.25, 0.3) is 0 Å². The van der Waals surface area contributed by atoms with Gasteiger partial charge in [0.1, 0.15) is 11.6 Å². The van der Waals surface area contributed by atoms with Crippen molar-refractivity contribution in [1.82, 2.24) is 0 Å². The lowest BCUT2D eigenvalue weighted by atomic mass is 9.92. The van der Waals surface area contributed by atoms with Gasteiger partial charge in [0.15, 0.2) is 0 Å². The fourth-order valence-corrected chi connectivity index (χ4v) is 2.63. The van der Waals surface area contributed by atoms with E-state index < -0.39 is 0 Å². The van der Waals surface area contributed by atoms with E-state index in [0.717, 1.165) is 40.5 Å². The first-order valence-corrected chi connectivity index (χ1v) is 7.56. The molecule has 0 atom stereocenters. The second-order valence-electron chi connectivity index (χ2n) is 5.73. The van der Waals surface area contributed by atoms with Crippen LogP contribution in [0.2, 0.25) is 0 Å². The van der Waals surface area contributed by atoms with E-state index in [1.807, 2.05) is 31.2 Å². The Balaban J connectivity index is 2.64. The molecule has 3 heteroatoms. The van der Waals surface area contributed by atoms with E-state index >= 15 is 0 Å². The third-order valence-electron chi connectivity index (χ3n) is 3.65. The first-order valence-electron chi connectivity index (χ1n) is 7.56. The summed E-state index contributed by atoms with van der Waals surface area (Å²) in [5.74, 6) is 1.64. The van der Waals surface area contributed by atoms with Crippen LogP contribution in [0.1, 0.15) is 38.3 Å². The highest BCUT2D eigenvalue weighted by atomic mass is 16.5. The van der Waals surface area contributed by atoms with Crippen LogP contribution >= 0.6 is 0 Å². The summed E-state index contributed by atoms with van der Waals surface area (Å²) in [6.07, 6.45) is 1.99. The molecule has 0 aliphatic carbocycles. The van der Waals surface area contributed by atoms with Crippen molar-refractivity contribution in [2.75, 3.05) is 6.61 Å². The number of fused-ring (bicyclic) bond motifs is 1. The van der Waals surface area contributed by atoms with Gasteiger partial charge in [-0.25, -0.2) is 0 Å². The lowest BCUT2D eigenvalue weighted by molar-refractivity contribution is 0.344. The van der Waals surface area contributed by atoms with Crippen molar-refractivity contribution in [3.8, 4) is 5.75 Å². The smallest absolute Gasteiger partial charge is 0.127 e. The quantitative estimate of drug-likeness (QED) is 0.619. The summed E-state index contributed by atoms with van der Waals surface area (Å²) in [6.45, 7) is 7.03. The maximum Gasteiger partial charge on any atom is 0.127 e. The Bertz CT molecular complexity index is 647. The van der Waals surface area contributed by atoms with Crippen LogP contribution < -0.4 is 10.5 Å². The van der Waals surface area contributed by atoms with Crippen LogP contribution in [0.15, 0.2) is 30.3 Å². The lowest BCUT2D eigenvalue weighted by Gasteiger charge is -2.16. The van der Waals surface area contributed by atoms with E-state index in [4.69, 9.17) is 15.9 Å². The molecule has 2 aromatic carbocycles. The molecule has 0 aliphatic heterocycles. The monoisotopic (exact) mass is 284 g/mol. The third-order valence-corrected chi connectivity index (χ3v) is 3.65. The van der Waals surface area contributed by atoms with Crippen LogP contribution in [-0.2, 0) is 6.42 Å². The summed E-state index contributed by atoms with van der Waals surface area (Å²) < 4.78 is 5.79. The number of hydrogen-bond acceptors (Lipinski definition) is 2. The van der Waals surface area contributed by atoms with E-state index in [2.05, 4.69) is 19.9 Å². The number of nitrogens with two attached hydrogens (primary N) is 1. The molecule has 3 nitrogen and oxygen atoms in total. The summed E-state index contributed by atoms with van der Waals surface area (Å²) in [5.41, 5.74) is 7.82. The van der Waals surface area contributed by atoms with E-state index in [9.17, 15) is 0 Å². The summed E-state index contributed by atoms with van der Waals surface area (Å²) in [7, 11) is 0. The first-order chi connectivity index (χ1) is 10.0. The predicted octanol–water partition coefficient (Wildman–Crippen LogP) is 4.11. The van der Waals surface area contributed by atoms with Gasteiger partial charge in [-0.05, 0) is 42.7 Å². The Hall–Kier alpha value is -2.03. The van der Waals surface area contributed by atoms with Gasteiger partial charge in [-0.3, -0.25) is 5.41 Å². The number of aryl methyl sites for hydroxylation is 1. The van der Waals surface area contributed by atoms with E-state index in [1.54, 1.807) is 0 Å². The molecule has 2 aromatic rings. The minimum absolute atomic E-state index is 0.132. The molecule has 0 saturated heterocycles. The zero-order chi connectivity index (χ0) is 15.4. The molecule has 0 spiro atoms. The Morgan fingerprint density at radius 2 is 1.90 bits per heavy atom. The molecule has 21 heavy (non-hydrogen) atoms. The van der Waals surface area contributed by atoms with E-state index in [-0.39, 0.29) is 5.84 Å². The molecule has 0 amide bonds. The SMILES string of the molecule is CCOc1cc(CCC(C)C)c(C(=N)N)c2ccccc12. The average Bonchev–Trinajstić information content (AvgIpc) is 2.44. The number of nitrogens with one attached hydrogen (secondary N) is 1. The number of rotatable bonds is 6. The van der Waals surface area contributed by atoms with Crippen molar-refractivity contribution in [3.63, 3.8) is 0 Å². The standard InChI is InChI=1S/C18H24N2O/c1-4-21-16-11-13(10-9-12(2)3)17(18(19)20)15-8-6-5-7-14(15)16/h5-8,11-12H,4,9-10H2,1-3H3,(H3,19,20). The second-order valence-corrected chi connectivity index (χ2v) is 5.73. The van der Waals surface area contributed by atoms with Crippen molar-refractivity contribution in [2.45, 2.75) is 33.6 Å². The number of ether oxygens (including phenoxy) is 1. The zero-order valence-corrected chi connectivity index (χ0v) is 13.1. The molecular formula is C18H24N2O. The largest absolute Gasteiger partial charge is 0.493 e. The fourth-order valence-electron chi connectivity index (χ4n) is 2.63. The second kappa shape index (κ2) is 6.61. The highest BCUT2D eigenvalue weighted by Crippen LogP contribution is 2.32. The average molecular weight is 284 g/mol. The molecule has 0 saturated carbocycles. The molecule has 112 valence electrons. The van der Waals surface area contributed by atoms with Gasteiger partial charge in [0.05, 0.1) is 6.61 Å². The minimum atomic E-state index is 0.132. The Morgan fingerprint density at radius 3 is 2.48 bits per heavy atom. The maximum atomic E-state index is 7.95. The number of hydrogen-bond donors (Lipinski definition) is 2. The molecule has 0 fully saturated rings. The van der Waals surface area contributed by atoms with Crippen LogP contribution in [0, 0.1) is 11.3 Å². The molecule has 0 radical (unpaired) electrons. The molecule has 3 N–H and O–H groups in total. The molecule has 0 unspecified atom stereocenters. The van der Waals surface area contributed by atoms with Crippen molar-refractivity contribution in [3.05, 3.63) is 41.5 Å². The highest BCUT2D eigenvalue weighted by molar-refractivity contribution is 6.10. The molecule has 0 heterocycles. The van der Waals surface area contributed by atoms with Crippen LogP contribution in [0.3, 0.4) is 0 Å². The fraction of sp³-hybridized carbons (Fsp3) is 0.389. The van der Waals surface area contributed by atoms with Gasteiger partial charge in [0, 0.05) is 10.9 Å². The third kappa shape index (κ3) is 3.35. The van der Waals surface area contributed by atoms with Crippen molar-refractivity contribution >= 4 is 16.6 Å². The van der Waals surface area contributed by atoms with Crippen molar-refractivity contribution in [2.24, 2.45) is 11.7 Å². The van der Waals surface area contributed by atoms with Crippen LogP contribution in [0.25, 0.3) is 10.8 Å². The van der Waals surface area contributed by atoms with Crippen LogP contribution in [0.4, 0.5) is 0 Å². The Morgan fingerprint density at radius 1 is 1.24 bits per heavy atom. The van der Waals surface area contributed by atoms with Gasteiger partial charge in [-0.2, -0.15) is 0 Å². The maximum absolute atomic E-state index is 7.95. The van der Waals surface area contributed by atoms with Crippen molar-refractivity contribution < 1.29 is 4.74 Å². The summed E-state index contributed by atoms with van der Waals surface area (Å²) in [5, 5.41) is 9.99. The predicted molar refractivity (Wildman–Crippen MR) is 89.3 cm³/mol. The van der Waals surface area contributed by atoms with Gasteiger partial charge in [0.2, 0.25) is 0 Å². The van der Waals surface area contributed by atoms with Gasteiger partial charge >= 0.3 is 0 Å². The summed E-state index contributed by atoms with van der Waals surface area (Å²) >= 11 is 0. The van der Waals surface area contributed by atoms with Gasteiger partial charge in [-0.1, -0.05) is 38.1 Å². The van der Waals surface area contributed by atoms with E-state index in [0.29, 0.717) is 12.5 Å². The topological polar surface area (TPSA) is 59.1 Å². The number of benzene rings is 2. The van der Waals surface area contributed by atoms with Gasteiger partial charge in [-0.15, -0.1) is 0 Å². The minimum Gasteiger partial charge on any atom is -0.493 e. The molecule has 2 rings (SSSR count). The Kier molecular flexibility index (Phi) is 4.84. The van der Waals surface area contributed by atoms with E-state index in [1.165, 1.54) is 0 Å². The van der Waals surface area contributed by atoms with Crippen LogP contribution in [0.5, 0.6) is 5.75 Å². The molecular weight excluding hydrogens is 260 g/mol. The van der Waals surface area contributed by atoms with Crippen LogP contribution in [-0.4, -0.2) is 12.4 Å². The zero-order valence-electron chi connectivity index (χ0n) is 13.1. The molecule has 0 aliphatic rings. The molecule has 0 aromatic heterocycles. The number of nitrogen functional groups attached to an aromatic ring is 1. The van der Waals surface area contributed by atoms with Crippen molar-refractivity contribution in [1.29, 1.82) is 5.41 Å².